The lowest BCUT2D eigenvalue weighted by Crippen LogP contribution is -2.38. The van der Waals surface area contributed by atoms with Crippen molar-refractivity contribution in [1.82, 2.24) is 9.88 Å². The number of β-amino-alcohol motifs (C(OH)–C–C–N with tert-alkyl or cyclic N) is 1. The molecule has 1 fully saturated rings. The highest BCUT2D eigenvalue weighted by molar-refractivity contribution is 6.69. The molecule has 0 aliphatic carbocycles. The summed E-state index contributed by atoms with van der Waals surface area (Å²) in [6.45, 7) is 2.88. The van der Waals surface area contributed by atoms with E-state index in [0.29, 0.717) is 12.1 Å². The molecule has 1 aromatic rings. The van der Waals surface area contributed by atoms with Crippen LogP contribution in [-0.2, 0) is 4.84 Å². The van der Waals surface area contributed by atoms with E-state index in [9.17, 15) is 5.11 Å². The zero-order chi connectivity index (χ0) is 14.2. The summed E-state index contributed by atoms with van der Waals surface area (Å²) in [5.41, 5.74) is 0.694. The summed E-state index contributed by atoms with van der Waals surface area (Å²) < 4.78 is 0. The van der Waals surface area contributed by atoms with Crippen molar-refractivity contribution in [3.8, 4) is 0 Å². The van der Waals surface area contributed by atoms with E-state index in [-0.39, 0.29) is 11.8 Å². The first kappa shape index (κ1) is 15.2. The van der Waals surface area contributed by atoms with Crippen molar-refractivity contribution in [2.75, 3.05) is 26.2 Å². The predicted octanol–water partition coefficient (Wildman–Crippen LogP) is 1.85. The summed E-state index contributed by atoms with van der Waals surface area (Å²) in [6, 6.07) is 3.57. The number of piperidine rings is 1. The lowest BCUT2D eigenvalue weighted by atomic mass is 10.1. The number of aliphatic hydroxyl groups is 1. The van der Waals surface area contributed by atoms with Gasteiger partial charge in [0.1, 0.15) is 12.7 Å². The van der Waals surface area contributed by atoms with Crippen LogP contribution in [0.15, 0.2) is 29.7 Å². The molecule has 20 heavy (non-hydrogen) atoms. The first-order chi connectivity index (χ1) is 9.75. The van der Waals surface area contributed by atoms with Crippen LogP contribution in [-0.4, -0.2) is 52.5 Å². The van der Waals surface area contributed by atoms with Crippen LogP contribution in [0.3, 0.4) is 0 Å². The Balaban J connectivity index is 1.71. The van der Waals surface area contributed by atoms with E-state index < -0.39 is 6.10 Å². The van der Waals surface area contributed by atoms with Gasteiger partial charge in [-0.2, -0.15) is 0 Å². The molecule has 0 spiro atoms. The minimum absolute atomic E-state index is 0.146. The van der Waals surface area contributed by atoms with Crippen LogP contribution in [0.4, 0.5) is 0 Å². The predicted molar refractivity (Wildman–Crippen MR) is 78.9 cm³/mol. The molecule has 0 aromatic carbocycles. The smallest absolute Gasteiger partial charge is 0.177 e. The van der Waals surface area contributed by atoms with E-state index in [0.717, 1.165) is 13.1 Å². The number of hydrogen-bond donors (Lipinski definition) is 1. The molecule has 1 N–H and O–H groups in total. The molecule has 6 heteroatoms. The van der Waals surface area contributed by atoms with Gasteiger partial charge >= 0.3 is 0 Å². The molecule has 1 aromatic heterocycles. The minimum Gasteiger partial charge on any atom is -0.392 e. The van der Waals surface area contributed by atoms with Gasteiger partial charge in [-0.15, -0.1) is 0 Å². The van der Waals surface area contributed by atoms with Gasteiger partial charge in [-0.25, -0.2) is 0 Å². The highest BCUT2D eigenvalue weighted by atomic mass is 35.5. The Bertz CT molecular complexity index is 422. The van der Waals surface area contributed by atoms with Crippen LogP contribution < -0.4 is 0 Å². The van der Waals surface area contributed by atoms with Crippen LogP contribution in [0.1, 0.15) is 24.8 Å². The summed E-state index contributed by atoms with van der Waals surface area (Å²) in [5.74, 6) is 0. The Morgan fingerprint density at radius 1 is 1.45 bits per heavy atom. The number of pyridine rings is 1. The zero-order valence-corrected chi connectivity index (χ0v) is 12.2. The molecular weight excluding hydrogens is 278 g/mol. The van der Waals surface area contributed by atoms with Gasteiger partial charge in [-0.3, -0.25) is 4.98 Å². The van der Waals surface area contributed by atoms with E-state index in [4.69, 9.17) is 16.4 Å². The molecular formula is C14H20ClN3O2. The van der Waals surface area contributed by atoms with E-state index in [2.05, 4.69) is 15.0 Å². The Hall–Kier alpha value is -1.17. The molecule has 1 atom stereocenters. The van der Waals surface area contributed by atoms with E-state index in [1.165, 1.54) is 19.3 Å². The maximum absolute atomic E-state index is 9.89. The normalized spacial score (nSPS) is 18.8. The molecule has 0 saturated carbocycles. The lowest BCUT2D eigenvalue weighted by Gasteiger charge is -2.27. The molecule has 5 nitrogen and oxygen atoms in total. The van der Waals surface area contributed by atoms with E-state index in [1.54, 1.807) is 24.5 Å². The maximum Gasteiger partial charge on any atom is 0.177 e. The summed E-state index contributed by atoms with van der Waals surface area (Å²) in [6.07, 6.45) is 6.43. The summed E-state index contributed by atoms with van der Waals surface area (Å²) in [5, 5.41) is 13.9. The molecule has 2 heterocycles. The van der Waals surface area contributed by atoms with Crippen molar-refractivity contribution in [3.63, 3.8) is 0 Å². The van der Waals surface area contributed by atoms with Crippen molar-refractivity contribution in [2.45, 2.75) is 25.4 Å². The average molecular weight is 298 g/mol. The highest BCUT2D eigenvalue weighted by Crippen LogP contribution is 2.09. The second-order valence-corrected chi connectivity index (χ2v) is 5.29. The summed E-state index contributed by atoms with van der Waals surface area (Å²) in [7, 11) is 0. The number of rotatable bonds is 6. The van der Waals surface area contributed by atoms with Gasteiger partial charge in [0, 0.05) is 24.5 Å². The number of halogens is 1. The SMILES string of the molecule is OC(CO/N=C(/Cl)c1cccnc1)CN1CCCCC1. The fraction of sp³-hybridized carbons (Fsp3) is 0.571. The molecule has 1 unspecified atom stereocenters. The fourth-order valence-electron chi connectivity index (χ4n) is 2.21. The number of aliphatic hydroxyl groups excluding tert-OH is 1. The van der Waals surface area contributed by atoms with Gasteiger partial charge in [0.2, 0.25) is 0 Å². The average Bonchev–Trinajstić information content (AvgIpc) is 2.49. The van der Waals surface area contributed by atoms with Gasteiger partial charge in [0.05, 0.1) is 0 Å². The zero-order valence-electron chi connectivity index (χ0n) is 11.4. The van der Waals surface area contributed by atoms with Crippen molar-refractivity contribution < 1.29 is 9.94 Å². The summed E-state index contributed by atoms with van der Waals surface area (Å²) in [4.78, 5) is 11.3. The monoisotopic (exact) mass is 297 g/mol. The Labute approximate surface area is 124 Å². The number of oxime groups is 1. The van der Waals surface area contributed by atoms with Crippen molar-refractivity contribution in [3.05, 3.63) is 30.1 Å². The Morgan fingerprint density at radius 3 is 2.95 bits per heavy atom. The second kappa shape index (κ2) is 8.19. The highest BCUT2D eigenvalue weighted by Gasteiger charge is 2.14. The first-order valence-electron chi connectivity index (χ1n) is 6.92. The third kappa shape index (κ3) is 5.07. The van der Waals surface area contributed by atoms with E-state index >= 15 is 0 Å². The lowest BCUT2D eigenvalue weighted by molar-refractivity contribution is 0.0161. The van der Waals surface area contributed by atoms with Crippen LogP contribution in [0.2, 0.25) is 0 Å². The minimum atomic E-state index is -0.546. The molecule has 110 valence electrons. The summed E-state index contributed by atoms with van der Waals surface area (Å²) >= 11 is 5.97. The second-order valence-electron chi connectivity index (χ2n) is 4.93. The van der Waals surface area contributed by atoms with Gasteiger partial charge in [0.25, 0.3) is 0 Å². The van der Waals surface area contributed by atoms with Crippen molar-refractivity contribution >= 4 is 16.8 Å². The largest absolute Gasteiger partial charge is 0.392 e. The van der Waals surface area contributed by atoms with Crippen molar-refractivity contribution in [2.24, 2.45) is 5.16 Å². The van der Waals surface area contributed by atoms with Crippen LogP contribution in [0, 0.1) is 0 Å². The third-order valence-corrected chi connectivity index (χ3v) is 3.52. The number of nitrogens with zero attached hydrogens (tertiary/aromatic N) is 3. The first-order valence-corrected chi connectivity index (χ1v) is 7.30. The number of aromatic nitrogens is 1. The standard InChI is InChI=1S/C14H20ClN3O2/c15-14(12-5-4-6-16-9-12)17-20-11-13(19)10-18-7-2-1-3-8-18/h4-6,9,13,19H,1-3,7-8,10-11H2/b17-14+. The molecule has 1 aliphatic heterocycles. The van der Waals surface area contributed by atoms with Crippen LogP contribution >= 0.6 is 11.6 Å². The molecule has 0 bridgehead atoms. The van der Waals surface area contributed by atoms with E-state index in [1.807, 2.05) is 0 Å². The topological polar surface area (TPSA) is 58.0 Å². The van der Waals surface area contributed by atoms with Gasteiger partial charge in [-0.1, -0.05) is 23.2 Å². The molecule has 0 radical (unpaired) electrons. The fourth-order valence-corrected chi connectivity index (χ4v) is 2.37. The van der Waals surface area contributed by atoms with Gasteiger partial charge in [-0.05, 0) is 38.1 Å². The maximum atomic E-state index is 9.89. The molecule has 1 aliphatic rings. The van der Waals surface area contributed by atoms with Gasteiger partial charge in [0.15, 0.2) is 5.17 Å². The number of likely N-dealkylation sites (tertiary alicyclic amines) is 1. The van der Waals surface area contributed by atoms with Gasteiger partial charge < -0.3 is 14.8 Å². The van der Waals surface area contributed by atoms with Crippen LogP contribution in [0.25, 0.3) is 0 Å². The van der Waals surface area contributed by atoms with Crippen LogP contribution in [0.5, 0.6) is 0 Å². The molecule has 1 saturated heterocycles. The van der Waals surface area contributed by atoms with Crippen molar-refractivity contribution in [1.29, 1.82) is 0 Å². The Kier molecular flexibility index (Phi) is 6.24. The molecule has 0 amide bonds. The third-order valence-electron chi connectivity index (χ3n) is 3.23. The quantitative estimate of drug-likeness (QED) is 0.643. The molecule has 2 rings (SSSR count). The Morgan fingerprint density at radius 2 is 2.25 bits per heavy atom. The number of hydrogen-bond acceptors (Lipinski definition) is 5.